The van der Waals surface area contributed by atoms with Crippen LogP contribution in [0.15, 0.2) is 35.2 Å². The lowest BCUT2D eigenvalue weighted by atomic mass is 9.83. The van der Waals surface area contributed by atoms with Gasteiger partial charge in [0, 0.05) is 17.2 Å². The van der Waals surface area contributed by atoms with E-state index in [1.807, 2.05) is 0 Å². The molecule has 0 bridgehead atoms. The van der Waals surface area contributed by atoms with Gasteiger partial charge in [0.1, 0.15) is 26.5 Å². The number of ketones is 2. The molecule has 112 valence electrons. The molecule has 2 aromatic carbocycles. The Morgan fingerprint density at radius 3 is 1.91 bits per heavy atom. The van der Waals surface area contributed by atoms with E-state index in [1.54, 1.807) is 0 Å². The molecule has 0 radical (unpaired) electrons. The van der Waals surface area contributed by atoms with Gasteiger partial charge in [-0.2, -0.15) is 0 Å². The third-order valence-corrected chi connectivity index (χ3v) is 4.23. The molecule has 1 aliphatic rings. The normalized spacial score (nSPS) is 13.7. The summed E-state index contributed by atoms with van der Waals surface area (Å²) in [4.78, 5) is 23.6. The monoisotopic (exact) mass is 319 g/mol. The third-order valence-electron chi connectivity index (χ3n) is 3.38. The average molecular weight is 319 g/mol. The van der Waals surface area contributed by atoms with Gasteiger partial charge < -0.3 is 14.8 Å². The third kappa shape index (κ3) is 1.81. The van der Waals surface area contributed by atoms with Crippen LogP contribution in [-0.4, -0.2) is 34.8 Å². The van der Waals surface area contributed by atoms with Crippen molar-refractivity contribution in [3.8, 4) is 11.5 Å². The lowest BCUT2D eigenvalue weighted by Crippen LogP contribution is -2.22. The number of carbonyl (C=O) groups is 2. The predicted octanol–water partition coefficient (Wildman–Crippen LogP) is 0.777. The number of aromatic hydroxyl groups is 2. The maximum absolute atomic E-state index is 12.4. The van der Waals surface area contributed by atoms with Crippen LogP contribution in [-0.2, 0) is 10.1 Å². The summed E-state index contributed by atoms with van der Waals surface area (Å²) < 4.78 is 33.3. The van der Waals surface area contributed by atoms with E-state index in [0.717, 1.165) is 0 Å². The molecular weight excluding hydrogens is 312 g/mol. The van der Waals surface area contributed by atoms with E-state index in [4.69, 9.17) is 0 Å². The number of hydrogen-bond acceptors (Lipinski definition) is 7. The van der Waals surface area contributed by atoms with Crippen molar-refractivity contribution in [3.05, 3.63) is 52.6 Å². The summed E-state index contributed by atoms with van der Waals surface area (Å²) in [6.45, 7) is 0. The largest absolute Gasteiger partial charge is 0.744 e. The molecule has 0 atom stereocenters. The summed E-state index contributed by atoms with van der Waals surface area (Å²) in [5.74, 6) is -3.57. The first kappa shape index (κ1) is 14.2. The molecule has 0 aromatic heterocycles. The zero-order chi connectivity index (χ0) is 16.2. The van der Waals surface area contributed by atoms with Crippen LogP contribution in [0, 0.1) is 0 Å². The van der Waals surface area contributed by atoms with Crippen LogP contribution < -0.4 is 0 Å². The van der Waals surface area contributed by atoms with Gasteiger partial charge in [-0.15, -0.1) is 0 Å². The minimum absolute atomic E-state index is 0.0208. The minimum Gasteiger partial charge on any atom is -0.744 e. The molecular formula is C14H7O7S-. The first-order valence-electron chi connectivity index (χ1n) is 5.96. The lowest BCUT2D eigenvalue weighted by molar-refractivity contribution is 0.0973. The Labute approximate surface area is 124 Å². The van der Waals surface area contributed by atoms with Gasteiger partial charge in [-0.25, -0.2) is 8.42 Å². The molecule has 8 heteroatoms. The molecule has 2 N–H and O–H groups in total. The van der Waals surface area contributed by atoms with Crippen LogP contribution in [0.3, 0.4) is 0 Å². The highest BCUT2D eigenvalue weighted by molar-refractivity contribution is 7.85. The summed E-state index contributed by atoms with van der Waals surface area (Å²) >= 11 is 0. The fraction of sp³-hybridized carbons (Fsp3) is 0. The molecule has 3 rings (SSSR count). The zero-order valence-electron chi connectivity index (χ0n) is 10.7. The molecule has 2 aromatic rings. The molecule has 0 heterocycles. The van der Waals surface area contributed by atoms with Gasteiger partial charge in [0.05, 0.1) is 11.1 Å². The molecule has 0 fully saturated rings. The number of carbonyl (C=O) groups excluding carboxylic acids is 2. The van der Waals surface area contributed by atoms with E-state index in [1.165, 1.54) is 24.3 Å². The molecule has 7 nitrogen and oxygen atoms in total. The van der Waals surface area contributed by atoms with E-state index >= 15 is 0 Å². The van der Waals surface area contributed by atoms with Crippen molar-refractivity contribution in [1.82, 2.24) is 0 Å². The van der Waals surface area contributed by atoms with Crippen LogP contribution in [0.2, 0.25) is 0 Å². The van der Waals surface area contributed by atoms with E-state index in [-0.39, 0.29) is 11.1 Å². The summed E-state index contributed by atoms with van der Waals surface area (Å²) in [6, 6.07) is 6.17. The van der Waals surface area contributed by atoms with Gasteiger partial charge in [0.25, 0.3) is 0 Å². The molecule has 0 spiro atoms. The number of rotatable bonds is 1. The number of fused-ring (bicyclic) bond motifs is 2. The van der Waals surface area contributed by atoms with Gasteiger partial charge in [-0.1, -0.05) is 24.3 Å². The molecule has 1 aliphatic carbocycles. The van der Waals surface area contributed by atoms with Crippen molar-refractivity contribution in [2.75, 3.05) is 0 Å². The first-order valence-corrected chi connectivity index (χ1v) is 7.37. The van der Waals surface area contributed by atoms with Crippen LogP contribution in [0.25, 0.3) is 0 Å². The molecule has 22 heavy (non-hydrogen) atoms. The topological polar surface area (TPSA) is 132 Å². The predicted molar refractivity (Wildman–Crippen MR) is 71.0 cm³/mol. The highest BCUT2D eigenvalue weighted by Crippen LogP contribution is 2.41. The quantitative estimate of drug-likeness (QED) is 0.500. The van der Waals surface area contributed by atoms with Crippen molar-refractivity contribution >= 4 is 21.7 Å². The van der Waals surface area contributed by atoms with E-state index < -0.39 is 49.2 Å². The van der Waals surface area contributed by atoms with Crippen LogP contribution in [0.1, 0.15) is 31.8 Å². The second kappa shape index (κ2) is 4.39. The minimum atomic E-state index is -5.13. The summed E-state index contributed by atoms with van der Waals surface area (Å²) in [6.07, 6.45) is 0. The van der Waals surface area contributed by atoms with Gasteiger partial charge in [0.15, 0.2) is 11.6 Å². The summed E-state index contributed by atoms with van der Waals surface area (Å²) in [5.41, 5.74) is -1.23. The van der Waals surface area contributed by atoms with E-state index in [2.05, 4.69) is 0 Å². The summed E-state index contributed by atoms with van der Waals surface area (Å²) in [5, 5.41) is 19.8. The van der Waals surface area contributed by atoms with Crippen LogP contribution >= 0.6 is 0 Å². The SMILES string of the molecule is O=C1c2ccccc2C(=O)c2c(O)c(S(=O)(=O)[O-])cc(O)c21. The molecule has 0 saturated heterocycles. The lowest BCUT2D eigenvalue weighted by Gasteiger charge is -2.21. The van der Waals surface area contributed by atoms with Crippen molar-refractivity contribution in [2.24, 2.45) is 0 Å². The van der Waals surface area contributed by atoms with Crippen LogP contribution in [0.5, 0.6) is 11.5 Å². The van der Waals surface area contributed by atoms with Crippen molar-refractivity contribution in [2.45, 2.75) is 4.90 Å². The van der Waals surface area contributed by atoms with Crippen LogP contribution in [0.4, 0.5) is 0 Å². The fourth-order valence-electron chi connectivity index (χ4n) is 2.42. The average Bonchev–Trinajstić information content (AvgIpc) is 2.45. The number of hydrogen-bond donors (Lipinski definition) is 2. The highest BCUT2D eigenvalue weighted by Gasteiger charge is 2.36. The maximum Gasteiger partial charge on any atom is 0.198 e. The maximum atomic E-state index is 12.4. The smallest absolute Gasteiger partial charge is 0.198 e. The first-order chi connectivity index (χ1) is 10.2. The van der Waals surface area contributed by atoms with E-state index in [9.17, 15) is 32.8 Å². The number of phenolic OH excluding ortho intramolecular Hbond substituents is 2. The number of benzene rings is 2. The fourth-order valence-corrected chi connectivity index (χ4v) is 3.02. The van der Waals surface area contributed by atoms with Gasteiger partial charge in [0.2, 0.25) is 0 Å². The summed E-state index contributed by atoms with van der Waals surface area (Å²) in [7, 11) is -5.13. The molecule has 0 amide bonds. The Bertz CT molecular complexity index is 957. The Kier molecular flexibility index (Phi) is 2.84. The number of phenols is 2. The standard InChI is InChI=1S/C14H8O7S/c15-8-5-9(22(19,20)21)14(18)11-10(8)12(16)6-3-1-2-4-7(6)13(11)17/h1-5,15,18H,(H,19,20,21)/p-1. The molecule has 0 unspecified atom stereocenters. The second-order valence-corrected chi connectivity index (χ2v) is 6.00. The Morgan fingerprint density at radius 2 is 1.41 bits per heavy atom. The Hall–Kier alpha value is -2.71. The van der Waals surface area contributed by atoms with E-state index in [0.29, 0.717) is 6.07 Å². The van der Waals surface area contributed by atoms with Gasteiger partial charge in [-0.05, 0) is 0 Å². The Morgan fingerprint density at radius 1 is 0.909 bits per heavy atom. The second-order valence-electron chi connectivity index (χ2n) is 4.65. The van der Waals surface area contributed by atoms with Crippen molar-refractivity contribution in [3.63, 3.8) is 0 Å². The Balaban J connectivity index is 2.44. The molecule has 0 saturated carbocycles. The zero-order valence-corrected chi connectivity index (χ0v) is 11.5. The van der Waals surface area contributed by atoms with Gasteiger partial charge >= 0.3 is 0 Å². The highest BCUT2D eigenvalue weighted by atomic mass is 32.2. The van der Waals surface area contributed by atoms with Gasteiger partial charge in [-0.3, -0.25) is 9.59 Å². The van der Waals surface area contributed by atoms with Crippen molar-refractivity contribution in [1.29, 1.82) is 0 Å². The van der Waals surface area contributed by atoms with Crippen molar-refractivity contribution < 1.29 is 32.8 Å². The molecule has 0 aliphatic heterocycles.